The van der Waals surface area contributed by atoms with Crippen molar-refractivity contribution in [3.63, 3.8) is 0 Å². The molecule has 1 aromatic heterocycles. The summed E-state index contributed by atoms with van der Waals surface area (Å²) in [6, 6.07) is 0.570. The minimum Gasteiger partial charge on any atom is -0.355 e. The van der Waals surface area contributed by atoms with Gasteiger partial charge in [-0.1, -0.05) is 19.0 Å². The molecule has 0 aromatic carbocycles. The van der Waals surface area contributed by atoms with Crippen molar-refractivity contribution in [2.45, 2.75) is 77.4 Å². The molecule has 2 atom stereocenters. The number of likely N-dealkylation sites (tertiary alicyclic amines) is 1. The zero-order chi connectivity index (χ0) is 20.3. The van der Waals surface area contributed by atoms with Crippen LogP contribution in [0.2, 0.25) is 0 Å². The third kappa shape index (κ3) is 5.53. The third-order valence-electron chi connectivity index (χ3n) is 5.73. The highest BCUT2D eigenvalue weighted by Gasteiger charge is 2.38. The molecule has 0 unspecified atom stereocenters. The van der Waals surface area contributed by atoms with Crippen molar-refractivity contribution < 1.29 is 14.1 Å². The first-order chi connectivity index (χ1) is 13.3. The zero-order valence-corrected chi connectivity index (χ0v) is 17.5. The molecule has 1 N–H and O–H groups in total. The topological polar surface area (TPSA) is 91.6 Å². The molecule has 0 bridgehead atoms. The zero-order valence-electron chi connectivity index (χ0n) is 17.5. The second kappa shape index (κ2) is 9.03. The molecular formula is C20H33N5O3. The lowest BCUT2D eigenvalue weighted by molar-refractivity contribution is -0.132. The van der Waals surface area contributed by atoms with Crippen LogP contribution in [0, 0.1) is 5.92 Å². The van der Waals surface area contributed by atoms with Gasteiger partial charge < -0.3 is 14.7 Å². The van der Waals surface area contributed by atoms with E-state index in [9.17, 15) is 9.59 Å². The van der Waals surface area contributed by atoms with Crippen LogP contribution in [0.4, 0.5) is 0 Å². The number of carbonyl (C=O) groups excluding carboxylic acids is 2. The molecule has 0 spiro atoms. The van der Waals surface area contributed by atoms with Gasteiger partial charge in [0.25, 0.3) is 0 Å². The molecule has 8 nitrogen and oxygen atoms in total. The SMILES string of the molecule is CC(=O)NC[C@@H]1CC[C@H](CC(=O)N(C)Cc2nc(C(C)C)no2)N1CC1CC1. The molecule has 156 valence electrons. The number of nitrogens with zero attached hydrogens (tertiary/aromatic N) is 4. The van der Waals surface area contributed by atoms with Crippen LogP contribution in [-0.2, 0) is 16.1 Å². The summed E-state index contributed by atoms with van der Waals surface area (Å²) in [6.45, 7) is 7.61. The van der Waals surface area contributed by atoms with Crippen LogP contribution in [0.5, 0.6) is 0 Å². The van der Waals surface area contributed by atoms with E-state index >= 15 is 0 Å². The average molecular weight is 392 g/mol. The van der Waals surface area contributed by atoms with Crippen LogP contribution in [0.1, 0.15) is 70.5 Å². The van der Waals surface area contributed by atoms with Crippen molar-refractivity contribution >= 4 is 11.8 Å². The number of hydrogen-bond donors (Lipinski definition) is 1. The summed E-state index contributed by atoms with van der Waals surface area (Å²) in [4.78, 5) is 32.6. The smallest absolute Gasteiger partial charge is 0.246 e. The van der Waals surface area contributed by atoms with E-state index < -0.39 is 0 Å². The van der Waals surface area contributed by atoms with Crippen molar-refractivity contribution in [2.24, 2.45) is 5.92 Å². The number of aromatic nitrogens is 2. The molecule has 1 aliphatic carbocycles. The standard InChI is InChI=1S/C20H33N5O3/c1-13(2)20-22-18(28-23-20)12-24(4)19(27)9-16-7-8-17(10-21-14(3)26)25(16)11-15-5-6-15/h13,15-17H,5-12H2,1-4H3,(H,21,26)/t16-,17+/m1/s1. The summed E-state index contributed by atoms with van der Waals surface area (Å²) < 4.78 is 5.26. The van der Waals surface area contributed by atoms with E-state index in [0.717, 1.165) is 25.3 Å². The molecule has 8 heteroatoms. The molecule has 2 amide bonds. The summed E-state index contributed by atoms with van der Waals surface area (Å²) in [5.41, 5.74) is 0. The maximum Gasteiger partial charge on any atom is 0.246 e. The first kappa shape index (κ1) is 20.8. The maximum absolute atomic E-state index is 12.8. The van der Waals surface area contributed by atoms with E-state index in [-0.39, 0.29) is 23.8 Å². The fourth-order valence-corrected chi connectivity index (χ4v) is 3.83. The van der Waals surface area contributed by atoms with Gasteiger partial charge in [-0.05, 0) is 31.6 Å². The van der Waals surface area contributed by atoms with E-state index in [1.165, 1.54) is 12.8 Å². The van der Waals surface area contributed by atoms with E-state index in [0.29, 0.717) is 37.3 Å². The Hall–Kier alpha value is -1.96. The predicted octanol–water partition coefficient (Wildman–Crippen LogP) is 1.92. The molecule has 1 aliphatic heterocycles. The molecule has 3 rings (SSSR count). The van der Waals surface area contributed by atoms with Crippen LogP contribution in [0.3, 0.4) is 0 Å². The Kier molecular flexibility index (Phi) is 6.69. The van der Waals surface area contributed by atoms with Crippen molar-refractivity contribution in [3.8, 4) is 0 Å². The quantitative estimate of drug-likeness (QED) is 0.691. The summed E-state index contributed by atoms with van der Waals surface area (Å²) in [5.74, 6) is 2.20. The highest BCUT2D eigenvalue weighted by atomic mass is 16.5. The fourth-order valence-electron chi connectivity index (χ4n) is 3.83. The summed E-state index contributed by atoms with van der Waals surface area (Å²) in [6.07, 6.45) is 5.06. The molecule has 1 saturated heterocycles. The lowest BCUT2D eigenvalue weighted by Gasteiger charge is -2.31. The monoisotopic (exact) mass is 391 g/mol. The van der Waals surface area contributed by atoms with Gasteiger partial charge in [-0.2, -0.15) is 4.98 Å². The summed E-state index contributed by atoms with van der Waals surface area (Å²) >= 11 is 0. The van der Waals surface area contributed by atoms with Crippen LogP contribution >= 0.6 is 0 Å². The second-order valence-corrected chi connectivity index (χ2v) is 8.62. The van der Waals surface area contributed by atoms with Gasteiger partial charge in [0.2, 0.25) is 17.7 Å². The molecule has 2 heterocycles. The van der Waals surface area contributed by atoms with Crippen LogP contribution in [0.25, 0.3) is 0 Å². The molecule has 0 radical (unpaired) electrons. The predicted molar refractivity (Wildman–Crippen MR) is 104 cm³/mol. The maximum atomic E-state index is 12.8. The lowest BCUT2D eigenvalue weighted by atomic mass is 10.1. The highest BCUT2D eigenvalue weighted by Crippen LogP contribution is 2.35. The van der Waals surface area contributed by atoms with E-state index in [1.54, 1.807) is 18.9 Å². The molecule has 2 fully saturated rings. The van der Waals surface area contributed by atoms with Gasteiger partial charge in [0, 0.05) is 51.5 Å². The van der Waals surface area contributed by atoms with Crippen LogP contribution < -0.4 is 5.32 Å². The largest absolute Gasteiger partial charge is 0.355 e. The summed E-state index contributed by atoms with van der Waals surface area (Å²) in [7, 11) is 1.79. The van der Waals surface area contributed by atoms with Crippen molar-refractivity contribution in [3.05, 3.63) is 11.7 Å². The molecule has 28 heavy (non-hydrogen) atoms. The van der Waals surface area contributed by atoms with E-state index in [1.807, 2.05) is 13.8 Å². The van der Waals surface area contributed by atoms with Crippen molar-refractivity contribution in [1.82, 2.24) is 25.3 Å². The van der Waals surface area contributed by atoms with Gasteiger partial charge in [0.05, 0.1) is 6.54 Å². The van der Waals surface area contributed by atoms with Gasteiger partial charge in [0.1, 0.15) is 0 Å². The Morgan fingerprint density at radius 2 is 1.96 bits per heavy atom. The van der Waals surface area contributed by atoms with Crippen molar-refractivity contribution in [1.29, 1.82) is 0 Å². The first-order valence-electron chi connectivity index (χ1n) is 10.4. The fraction of sp³-hybridized carbons (Fsp3) is 0.800. The minimum absolute atomic E-state index is 0.00551. The Bertz CT molecular complexity index is 685. The van der Waals surface area contributed by atoms with Gasteiger partial charge in [-0.25, -0.2) is 0 Å². The average Bonchev–Trinajstić information content (AvgIpc) is 3.19. The van der Waals surface area contributed by atoms with Gasteiger partial charge >= 0.3 is 0 Å². The second-order valence-electron chi connectivity index (χ2n) is 8.62. The highest BCUT2D eigenvalue weighted by molar-refractivity contribution is 5.76. The molecule has 1 aromatic rings. The van der Waals surface area contributed by atoms with E-state index in [4.69, 9.17) is 4.52 Å². The van der Waals surface area contributed by atoms with Crippen LogP contribution in [0.15, 0.2) is 4.52 Å². The number of amides is 2. The lowest BCUT2D eigenvalue weighted by Crippen LogP contribution is -2.45. The molecular weight excluding hydrogens is 358 g/mol. The molecule has 2 aliphatic rings. The molecule has 1 saturated carbocycles. The summed E-state index contributed by atoms with van der Waals surface area (Å²) in [5, 5.41) is 6.91. The Balaban J connectivity index is 1.55. The number of hydrogen-bond acceptors (Lipinski definition) is 6. The van der Waals surface area contributed by atoms with Gasteiger partial charge in [-0.3, -0.25) is 14.5 Å². The Morgan fingerprint density at radius 3 is 2.57 bits per heavy atom. The third-order valence-corrected chi connectivity index (χ3v) is 5.73. The van der Waals surface area contributed by atoms with E-state index in [2.05, 4.69) is 20.4 Å². The Morgan fingerprint density at radius 1 is 1.25 bits per heavy atom. The van der Waals surface area contributed by atoms with Crippen molar-refractivity contribution in [2.75, 3.05) is 20.1 Å². The Labute approximate surface area is 167 Å². The number of rotatable bonds is 9. The number of nitrogens with one attached hydrogen (secondary N) is 1. The number of carbonyl (C=O) groups is 2. The van der Waals surface area contributed by atoms with Crippen LogP contribution in [-0.4, -0.2) is 64.0 Å². The van der Waals surface area contributed by atoms with Gasteiger partial charge in [-0.15, -0.1) is 0 Å². The van der Waals surface area contributed by atoms with Gasteiger partial charge in [0.15, 0.2) is 5.82 Å². The first-order valence-corrected chi connectivity index (χ1v) is 10.4. The minimum atomic E-state index is 0.00551. The normalized spacial score (nSPS) is 22.6.